The van der Waals surface area contributed by atoms with Gasteiger partial charge in [-0.3, -0.25) is 4.79 Å². The summed E-state index contributed by atoms with van der Waals surface area (Å²) in [5, 5.41) is 8.40. The molecule has 5 nitrogen and oxygen atoms in total. The Morgan fingerprint density at radius 1 is 1.00 bits per heavy atom. The molecular formula is C17H27N3O2. The van der Waals surface area contributed by atoms with E-state index in [1.165, 1.54) is 5.56 Å². The lowest BCUT2D eigenvalue weighted by molar-refractivity contribution is -0.123. The Kier molecular flexibility index (Phi) is 8.04. The fourth-order valence-electron chi connectivity index (χ4n) is 1.94. The first-order valence-corrected chi connectivity index (χ1v) is 7.85. The Bertz CT molecular complexity index is 460. The smallest absolute Gasteiger partial charge is 0.315 e. The maximum atomic E-state index is 11.7. The van der Waals surface area contributed by atoms with E-state index >= 15 is 0 Å². The van der Waals surface area contributed by atoms with Crippen LogP contribution < -0.4 is 16.0 Å². The maximum absolute atomic E-state index is 11.7. The summed E-state index contributed by atoms with van der Waals surface area (Å²) in [6.45, 7) is 6.54. The lowest BCUT2D eigenvalue weighted by Crippen LogP contribution is -2.44. The first kappa shape index (κ1) is 18.0. The number of carbonyl (C=O) groups excluding carboxylic acids is 2. The van der Waals surface area contributed by atoms with Crippen molar-refractivity contribution in [3.05, 3.63) is 35.9 Å². The molecule has 0 heterocycles. The van der Waals surface area contributed by atoms with Gasteiger partial charge in [-0.1, -0.05) is 44.2 Å². The Morgan fingerprint density at radius 3 is 2.27 bits per heavy atom. The minimum atomic E-state index is -0.195. The van der Waals surface area contributed by atoms with Gasteiger partial charge in [0, 0.05) is 25.0 Å². The van der Waals surface area contributed by atoms with Gasteiger partial charge in [0.05, 0.1) is 0 Å². The van der Waals surface area contributed by atoms with Crippen LogP contribution in [0.1, 0.15) is 32.8 Å². The Morgan fingerprint density at radius 2 is 1.64 bits per heavy atom. The summed E-state index contributed by atoms with van der Waals surface area (Å²) in [4.78, 5) is 23.1. The molecule has 22 heavy (non-hydrogen) atoms. The van der Waals surface area contributed by atoms with Crippen molar-refractivity contribution in [2.75, 3.05) is 13.1 Å². The van der Waals surface area contributed by atoms with Crippen molar-refractivity contribution in [1.29, 1.82) is 0 Å². The first-order valence-electron chi connectivity index (χ1n) is 7.85. The standard InChI is InChI=1S/C17H27N3O2/c1-13(2)16(21)18-11-12-19-17(22)20-14(3)9-10-15-7-5-4-6-8-15/h4-8,13-14H,9-12H2,1-3H3,(H,18,21)(H2,19,20,22). The largest absolute Gasteiger partial charge is 0.354 e. The molecule has 1 unspecified atom stereocenters. The molecule has 0 fully saturated rings. The zero-order valence-corrected chi connectivity index (χ0v) is 13.7. The van der Waals surface area contributed by atoms with E-state index in [4.69, 9.17) is 0 Å². The van der Waals surface area contributed by atoms with Gasteiger partial charge in [0.15, 0.2) is 0 Å². The summed E-state index contributed by atoms with van der Waals surface area (Å²) in [6, 6.07) is 10.1. The number of aryl methyl sites for hydroxylation is 1. The van der Waals surface area contributed by atoms with Gasteiger partial charge in [-0.05, 0) is 25.3 Å². The minimum absolute atomic E-state index is 0.00145. The SMILES string of the molecule is CC(CCc1ccccc1)NC(=O)NCCNC(=O)C(C)C. The molecule has 0 aliphatic heterocycles. The van der Waals surface area contributed by atoms with E-state index in [-0.39, 0.29) is 23.9 Å². The molecular weight excluding hydrogens is 278 g/mol. The van der Waals surface area contributed by atoms with Crippen molar-refractivity contribution in [3.8, 4) is 0 Å². The molecule has 0 bridgehead atoms. The van der Waals surface area contributed by atoms with E-state index in [1.54, 1.807) is 0 Å². The highest BCUT2D eigenvalue weighted by Crippen LogP contribution is 2.04. The van der Waals surface area contributed by atoms with Gasteiger partial charge in [-0.25, -0.2) is 4.79 Å². The van der Waals surface area contributed by atoms with Crippen molar-refractivity contribution in [2.24, 2.45) is 5.92 Å². The lowest BCUT2D eigenvalue weighted by Gasteiger charge is -2.15. The lowest BCUT2D eigenvalue weighted by atomic mass is 10.1. The van der Waals surface area contributed by atoms with Crippen molar-refractivity contribution in [3.63, 3.8) is 0 Å². The van der Waals surface area contributed by atoms with Gasteiger partial charge >= 0.3 is 6.03 Å². The van der Waals surface area contributed by atoms with Crippen LogP contribution in [0.4, 0.5) is 4.79 Å². The van der Waals surface area contributed by atoms with Crippen LogP contribution in [0.25, 0.3) is 0 Å². The van der Waals surface area contributed by atoms with Crippen LogP contribution in [0.15, 0.2) is 30.3 Å². The first-order chi connectivity index (χ1) is 10.5. The maximum Gasteiger partial charge on any atom is 0.315 e. The van der Waals surface area contributed by atoms with E-state index in [2.05, 4.69) is 28.1 Å². The number of nitrogens with one attached hydrogen (secondary N) is 3. The molecule has 122 valence electrons. The normalized spacial score (nSPS) is 11.8. The Balaban J connectivity index is 2.12. The van der Waals surface area contributed by atoms with Gasteiger partial charge < -0.3 is 16.0 Å². The molecule has 0 aliphatic rings. The summed E-state index contributed by atoms with van der Waals surface area (Å²) < 4.78 is 0. The molecule has 1 rings (SSSR count). The molecule has 1 aromatic rings. The van der Waals surface area contributed by atoms with Crippen LogP contribution in [0.2, 0.25) is 0 Å². The van der Waals surface area contributed by atoms with E-state index < -0.39 is 0 Å². The quantitative estimate of drug-likeness (QED) is 0.644. The van der Waals surface area contributed by atoms with E-state index in [0.717, 1.165) is 12.8 Å². The number of rotatable bonds is 8. The van der Waals surface area contributed by atoms with Crippen molar-refractivity contribution >= 4 is 11.9 Å². The molecule has 1 atom stereocenters. The topological polar surface area (TPSA) is 70.2 Å². The third-order valence-electron chi connectivity index (χ3n) is 3.32. The minimum Gasteiger partial charge on any atom is -0.354 e. The third kappa shape index (κ3) is 7.67. The molecule has 0 aromatic heterocycles. The number of carbonyl (C=O) groups is 2. The molecule has 1 aromatic carbocycles. The molecule has 0 aliphatic carbocycles. The van der Waals surface area contributed by atoms with Crippen LogP contribution >= 0.6 is 0 Å². The van der Waals surface area contributed by atoms with Gasteiger partial charge in [0.1, 0.15) is 0 Å². The second-order valence-electron chi connectivity index (χ2n) is 5.77. The number of hydrogen-bond donors (Lipinski definition) is 3. The summed E-state index contributed by atoms with van der Waals surface area (Å²) >= 11 is 0. The van der Waals surface area contributed by atoms with Crippen LogP contribution in [0, 0.1) is 5.92 Å². The van der Waals surface area contributed by atoms with Crippen molar-refractivity contribution < 1.29 is 9.59 Å². The zero-order valence-electron chi connectivity index (χ0n) is 13.7. The van der Waals surface area contributed by atoms with Crippen LogP contribution in [0.5, 0.6) is 0 Å². The molecule has 3 amide bonds. The summed E-state index contributed by atoms with van der Waals surface area (Å²) in [5.41, 5.74) is 1.27. The van der Waals surface area contributed by atoms with E-state index in [9.17, 15) is 9.59 Å². The summed E-state index contributed by atoms with van der Waals surface area (Å²) in [5.74, 6) is -0.0368. The zero-order chi connectivity index (χ0) is 16.4. The molecule has 0 saturated carbocycles. The monoisotopic (exact) mass is 305 g/mol. The molecule has 3 N–H and O–H groups in total. The molecule has 0 spiro atoms. The number of hydrogen-bond acceptors (Lipinski definition) is 2. The van der Waals surface area contributed by atoms with Crippen LogP contribution in [-0.4, -0.2) is 31.1 Å². The second-order valence-corrected chi connectivity index (χ2v) is 5.77. The van der Waals surface area contributed by atoms with Crippen LogP contribution in [-0.2, 0) is 11.2 Å². The number of benzene rings is 1. The summed E-state index contributed by atoms with van der Waals surface area (Å²) in [6.07, 6.45) is 1.83. The second kappa shape index (κ2) is 9.82. The third-order valence-corrected chi connectivity index (χ3v) is 3.32. The van der Waals surface area contributed by atoms with Gasteiger partial charge in [0.2, 0.25) is 5.91 Å². The highest BCUT2D eigenvalue weighted by atomic mass is 16.2. The number of amides is 3. The van der Waals surface area contributed by atoms with Gasteiger partial charge in [0.25, 0.3) is 0 Å². The van der Waals surface area contributed by atoms with E-state index in [1.807, 2.05) is 39.0 Å². The van der Waals surface area contributed by atoms with Gasteiger partial charge in [-0.15, -0.1) is 0 Å². The Hall–Kier alpha value is -2.04. The van der Waals surface area contributed by atoms with Crippen molar-refractivity contribution in [2.45, 2.75) is 39.7 Å². The van der Waals surface area contributed by atoms with E-state index in [0.29, 0.717) is 13.1 Å². The summed E-state index contributed by atoms with van der Waals surface area (Å²) in [7, 11) is 0. The average molecular weight is 305 g/mol. The predicted molar refractivity (Wildman–Crippen MR) is 88.6 cm³/mol. The predicted octanol–water partition coefficient (Wildman–Crippen LogP) is 2.08. The van der Waals surface area contributed by atoms with Gasteiger partial charge in [-0.2, -0.15) is 0 Å². The molecule has 0 saturated heterocycles. The highest BCUT2D eigenvalue weighted by Gasteiger charge is 2.08. The highest BCUT2D eigenvalue weighted by molar-refractivity contribution is 5.78. The Labute approximate surface area is 132 Å². The molecule has 5 heteroatoms. The number of urea groups is 1. The fraction of sp³-hybridized carbons (Fsp3) is 0.529. The van der Waals surface area contributed by atoms with Crippen LogP contribution in [0.3, 0.4) is 0 Å². The molecule has 0 radical (unpaired) electrons. The average Bonchev–Trinajstić information content (AvgIpc) is 2.50. The van der Waals surface area contributed by atoms with Crippen molar-refractivity contribution in [1.82, 2.24) is 16.0 Å². The fourth-order valence-corrected chi connectivity index (χ4v) is 1.94.